The molecule has 0 saturated carbocycles. The van der Waals surface area contributed by atoms with Crippen LogP contribution in [0.2, 0.25) is 0 Å². The molecule has 1 aromatic heterocycles. The van der Waals surface area contributed by atoms with Gasteiger partial charge in [0.2, 0.25) is 0 Å². The number of aryl methyl sites for hydroxylation is 1. The fourth-order valence-electron chi connectivity index (χ4n) is 1.53. The summed E-state index contributed by atoms with van der Waals surface area (Å²) in [5.74, 6) is 0.752. The number of aromatic nitrogens is 2. The number of hydrogen-bond donors (Lipinski definition) is 1. The minimum Gasteiger partial charge on any atom is -0.310 e. The Morgan fingerprint density at radius 3 is 3.00 bits per heavy atom. The van der Waals surface area contributed by atoms with Gasteiger partial charge in [-0.1, -0.05) is 13.0 Å². The van der Waals surface area contributed by atoms with Crippen molar-refractivity contribution in [2.24, 2.45) is 0 Å². The van der Waals surface area contributed by atoms with Gasteiger partial charge >= 0.3 is 0 Å². The van der Waals surface area contributed by atoms with E-state index in [0.717, 1.165) is 28.7 Å². The second kappa shape index (κ2) is 4.14. The Morgan fingerprint density at radius 1 is 1.47 bits per heavy atom. The molecule has 0 amide bonds. The van der Waals surface area contributed by atoms with Crippen molar-refractivity contribution in [3.05, 3.63) is 38.9 Å². The van der Waals surface area contributed by atoms with Gasteiger partial charge in [-0.25, -0.2) is 4.98 Å². The van der Waals surface area contributed by atoms with E-state index >= 15 is 0 Å². The molecule has 2 rings (SSSR count). The molecule has 1 N–H and O–H groups in total. The quantitative estimate of drug-likeness (QED) is 0.909. The monoisotopic (exact) mass is 266 g/mol. The molecule has 15 heavy (non-hydrogen) atoms. The molecule has 0 saturated heterocycles. The minimum absolute atomic E-state index is 0.0650. The highest BCUT2D eigenvalue weighted by atomic mass is 79.9. The summed E-state index contributed by atoms with van der Waals surface area (Å²) in [5.41, 5.74) is 0.675. The molecule has 78 valence electrons. The lowest BCUT2D eigenvalue weighted by Gasteiger charge is -2.02. The van der Waals surface area contributed by atoms with E-state index in [4.69, 9.17) is 0 Å². The van der Waals surface area contributed by atoms with Crippen molar-refractivity contribution in [1.29, 1.82) is 0 Å². The lowest BCUT2D eigenvalue weighted by Crippen LogP contribution is -2.11. The SMILES string of the molecule is CCCc1nc2c(Br)cccc2c(=O)[nH]1. The third kappa shape index (κ3) is 1.95. The van der Waals surface area contributed by atoms with E-state index in [0.29, 0.717) is 5.39 Å². The molecule has 0 fully saturated rings. The number of hydrogen-bond acceptors (Lipinski definition) is 2. The number of fused-ring (bicyclic) bond motifs is 1. The van der Waals surface area contributed by atoms with Gasteiger partial charge in [-0.15, -0.1) is 0 Å². The molecule has 0 aliphatic carbocycles. The van der Waals surface area contributed by atoms with Crippen molar-refractivity contribution >= 4 is 26.8 Å². The number of rotatable bonds is 2. The van der Waals surface area contributed by atoms with E-state index in [2.05, 4.69) is 32.8 Å². The first-order valence-corrected chi connectivity index (χ1v) is 5.69. The van der Waals surface area contributed by atoms with Crippen molar-refractivity contribution in [3.8, 4) is 0 Å². The Labute approximate surface area is 95.7 Å². The van der Waals surface area contributed by atoms with Crippen molar-refractivity contribution in [2.75, 3.05) is 0 Å². The highest BCUT2D eigenvalue weighted by molar-refractivity contribution is 9.10. The number of benzene rings is 1. The second-order valence-electron chi connectivity index (χ2n) is 3.40. The zero-order chi connectivity index (χ0) is 10.8. The van der Waals surface area contributed by atoms with Gasteiger partial charge in [0.15, 0.2) is 0 Å². The van der Waals surface area contributed by atoms with Crippen LogP contribution in [0.4, 0.5) is 0 Å². The predicted octanol–water partition coefficient (Wildman–Crippen LogP) is 2.64. The Morgan fingerprint density at radius 2 is 2.27 bits per heavy atom. The third-order valence-corrected chi connectivity index (χ3v) is 2.86. The van der Waals surface area contributed by atoms with E-state index in [9.17, 15) is 4.79 Å². The van der Waals surface area contributed by atoms with Gasteiger partial charge in [0.05, 0.1) is 10.9 Å². The number of H-pyrrole nitrogens is 1. The summed E-state index contributed by atoms with van der Waals surface area (Å²) in [5, 5.41) is 0.629. The molecular weight excluding hydrogens is 256 g/mol. The van der Waals surface area contributed by atoms with Gasteiger partial charge in [0, 0.05) is 10.9 Å². The number of nitrogens with one attached hydrogen (secondary N) is 1. The smallest absolute Gasteiger partial charge is 0.258 e. The summed E-state index contributed by atoms with van der Waals surface area (Å²) < 4.78 is 0.864. The maximum Gasteiger partial charge on any atom is 0.258 e. The Hall–Kier alpha value is -1.16. The highest BCUT2D eigenvalue weighted by Gasteiger charge is 2.05. The van der Waals surface area contributed by atoms with Gasteiger partial charge in [0.25, 0.3) is 5.56 Å². The lowest BCUT2D eigenvalue weighted by atomic mass is 10.2. The molecule has 0 aliphatic heterocycles. The lowest BCUT2D eigenvalue weighted by molar-refractivity contribution is 0.836. The van der Waals surface area contributed by atoms with Crippen LogP contribution in [-0.4, -0.2) is 9.97 Å². The van der Waals surface area contributed by atoms with Gasteiger partial charge < -0.3 is 4.98 Å². The maximum absolute atomic E-state index is 11.7. The van der Waals surface area contributed by atoms with E-state index in [1.165, 1.54) is 0 Å². The second-order valence-corrected chi connectivity index (χ2v) is 4.25. The zero-order valence-corrected chi connectivity index (χ0v) is 9.97. The third-order valence-electron chi connectivity index (χ3n) is 2.22. The molecule has 0 unspecified atom stereocenters. The molecule has 1 heterocycles. The normalized spacial score (nSPS) is 10.8. The van der Waals surface area contributed by atoms with Crippen LogP contribution in [0.15, 0.2) is 27.5 Å². The topological polar surface area (TPSA) is 45.8 Å². The van der Waals surface area contributed by atoms with Crippen LogP contribution in [0, 0.1) is 0 Å². The van der Waals surface area contributed by atoms with Crippen LogP contribution in [0.25, 0.3) is 10.9 Å². The van der Waals surface area contributed by atoms with Crippen molar-refractivity contribution in [1.82, 2.24) is 9.97 Å². The summed E-state index contributed by atoms with van der Waals surface area (Å²) in [4.78, 5) is 18.9. The van der Waals surface area contributed by atoms with Crippen molar-refractivity contribution in [3.63, 3.8) is 0 Å². The van der Waals surface area contributed by atoms with Crippen molar-refractivity contribution in [2.45, 2.75) is 19.8 Å². The van der Waals surface area contributed by atoms with E-state index < -0.39 is 0 Å². The van der Waals surface area contributed by atoms with E-state index in [1.807, 2.05) is 12.1 Å². The number of halogens is 1. The number of nitrogens with zero attached hydrogens (tertiary/aromatic N) is 1. The standard InChI is InChI=1S/C11H11BrN2O/c1-2-4-9-13-10-7(11(15)14-9)5-3-6-8(10)12/h3,5-6H,2,4H2,1H3,(H,13,14,15). The summed E-state index contributed by atoms with van der Waals surface area (Å²) >= 11 is 3.40. The molecule has 0 spiro atoms. The van der Waals surface area contributed by atoms with E-state index in [-0.39, 0.29) is 5.56 Å². The van der Waals surface area contributed by atoms with Gasteiger partial charge in [0.1, 0.15) is 5.82 Å². The fraction of sp³-hybridized carbons (Fsp3) is 0.273. The first kappa shape index (κ1) is 10.4. The first-order chi connectivity index (χ1) is 7.22. The Kier molecular flexibility index (Phi) is 2.86. The molecule has 2 aromatic rings. The summed E-state index contributed by atoms with van der Waals surface area (Å²) in [6.07, 6.45) is 1.77. The Bertz CT molecular complexity index is 548. The molecule has 0 atom stereocenters. The highest BCUT2D eigenvalue weighted by Crippen LogP contribution is 2.19. The predicted molar refractivity (Wildman–Crippen MR) is 64.1 cm³/mol. The number of aromatic amines is 1. The van der Waals surface area contributed by atoms with Crippen LogP contribution < -0.4 is 5.56 Å². The van der Waals surface area contributed by atoms with Gasteiger partial charge in [-0.05, 0) is 34.5 Å². The molecule has 0 bridgehead atoms. The van der Waals surface area contributed by atoms with Crippen LogP contribution in [-0.2, 0) is 6.42 Å². The van der Waals surface area contributed by atoms with Gasteiger partial charge in [-0.2, -0.15) is 0 Å². The van der Waals surface area contributed by atoms with Crippen LogP contribution >= 0.6 is 15.9 Å². The average Bonchev–Trinajstić information content (AvgIpc) is 2.20. The van der Waals surface area contributed by atoms with Crippen LogP contribution in [0.1, 0.15) is 19.2 Å². The molecule has 1 aromatic carbocycles. The Balaban J connectivity index is 2.74. The number of para-hydroxylation sites is 1. The van der Waals surface area contributed by atoms with Crippen LogP contribution in [0.3, 0.4) is 0 Å². The minimum atomic E-state index is -0.0650. The van der Waals surface area contributed by atoms with Crippen LogP contribution in [0.5, 0.6) is 0 Å². The summed E-state index contributed by atoms with van der Waals surface area (Å²) in [6, 6.07) is 5.51. The zero-order valence-electron chi connectivity index (χ0n) is 8.38. The van der Waals surface area contributed by atoms with E-state index in [1.54, 1.807) is 6.07 Å². The summed E-state index contributed by atoms with van der Waals surface area (Å²) in [7, 11) is 0. The molecule has 0 radical (unpaired) electrons. The van der Waals surface area contributed by atoms with Crippen molar-refractivity contribution < 1.29 is 0 Å². The average molecular weight is 267 g/mol. The largest absolute Gasteiger partial charge is 0.310 e. The molecule has 0 aliphatic rings. The maximum atomic E-state index is 11.7. The first-order valence-electron chi connectivity index (χ1n) is 4.89. The molecular formula is C11H11BrN2O. The fourth-order valence-corrected chi connectivity index (χ4v) is 1.98. The molecule has 3 nitrogen and oxygen atoms in total. The molecule has 4 heteroatoms. The van der Waals surface area contributed by atoms with Gasteiger partial charge in [-0.3, -0.25) is 4.79 Å². The summed E-state index contributed by atoms with van der Waals surface area (Å²) in [6.45, 7) is 2.06.